The highest BCUT2D eigenvalue weighted by Crippen LogP contribution is 2.29. The van der Waals surface area contributed by atoms with Gasteiger partial charge >= 0.3 is 0 Å². The number of benzene rings is 1. The van der Waals surface area contributed by atoms with Gasteiger partial charge < -0.3 is 14.8 Å². The van der Waals surface area contributed by atoms with Gasteiger partial charge in [0.15, 0.2) is 11.5 Å². The van der Waals surface area contributed by atoms with Gasteiger partial charge in [-0.2, -0.15) is 0 Å². The molecule has 5 heteroatoms. The molecule has 2 aromatic rings. The molecule has 1 aromatic carbocycles. The van der Waals surface area contributed by atoms with E-state index in [1.807, 2.05) is 19.1 Å². The zero-order valence-corrected chi connectivity index (χ0v) is 16.5. The van der Waals surface area contributed by atoms with Crippen LogP contribution < -0.4 is 14.8 Å². The number of ether oxygens (including phenoxy) is 2. The predicted octanol–water partition coefficient (Wildman–Crippen LogP) is 5.38. The number of aromatic nitrogens is 1. The lowest BCUT2D eigenvalue weighted by Crippen LogP contribution is -2.14. The second kappa shape index (κ2) is 11.8. The molecule has 1 aromatic heterocycles. The molecule has 26 heavy (non-hydrogen) atoms. The summed E-state index contributed by atoms with van der Waals surface area (Å²) in [5, 5.41) is 3.98. The Morgan fingerprint density at radius 1 is 0.962 bits per heavy atom. The van der Waals surface area contributed by atoms with E-state index < -0.39 is 0 Å². The van der Waals surface area contributed by atoms with E-state index in [9.17, 15) is 0 Å². The molecule has 4 nitrogen and oxygen atoms in total. The van der Waals surface area contributed by atoms with Crippen molar-refractivity contribution in [3.05, 3.63) is 52.8 Å². The molecular weight excluding hydrogens is 348 g/mol. The molecule has 0 bridgehead atoms. The maximum Gasteiger partial charge on any atom is 0.161 e. The van der Waals surface area contributed by atoms with Crippen LogP contribution in [0.4, 0.5) is 0 Å². The van der Waals surface area contributed by atoms with Gasteiger partial charge in [-0.1, -0.05) is 49.9 Å². The fourth-order valence-corrected chi connectivity index (χ4v) is 2.72. The van der Waals surface area contributed by atoms with Crippen molar-refractivity contribution in [1.29, 1.82) is 0 Å². The van der Waals surface area contributed by atoms with Gasteiger partial charge in [-0.15, -0.1) is 0 Å². The van der Waals surface area contributed by atoms with Crippen LogP contribution in [0.3, 0.4) is 0 Å². The Kier molecular flexibility index (Phi) is 9.29. The number of hydrogen-bond acceptors (Lipinski definition) is 4. The first kappa shape index (κ1) is 20.5. The largest absolute Gasteiger partial charge is 0.490 e. The zero-order valence-electron chi connectivity index (χ0n) is 15.8. The third kappa shape index (κ3) is 7.22. The van der Waals surface area contributed by atoms with Crippen molar-refractivity contribution in [2.75, 3.05) is 13.2 Å². The fourth-order valence-electron chi connectivity index (χ4n) is 2.61. The number of halogens is 1. The summed E-state index contributed by atoms with van der Waals surface area (Å²) in [7, 11) is 0. The summed E-state index contributed by atoms with van der Waals surface area (Å²) in [6.45, 7) is 7.13. The lowest BCUT2D eigenvalue weighted by atomic mass is 10.2. The van der Waals surface area contributed by atoms with Crippen molar-refractivity contribution in [1.82, 2.24) is 10.3 Å². The molecule has 0 aliphatic carbocycles. The molecule has 2 rings (SSSR count). The quantitative estimate of drug-likeness (QED) is 0.398. The highest BCUT2D eigenvalue weighted by Gasteiger charge is 2.07. The number of unbranched alkanes of at least 4 members (excludes halogenated alkanes) is 3. The second-order valence-electron chi connectivity index (χ2n) is 6.23. The van der Waals surface area contributed by atoms with Crippen LogP contribution in [-0.2, 0) is 13.2 Å². The van der Waals surface area contributed by atoms with E-state index in [0.717, 1.165) is 30.2 Å². The summed E-state index contributed by atoms with van der Waals surface area (Å²) in [6, 6.07) is 9.78. The third-order valence-corrected chi connectivity index (χ3v) is 4.25. The number of pyridine rings is 1. The standard InChI is InChI=1S/C21H29ClN2O2/c1-3-5-6-7-12-23-14-17-8-10-19(20(13-17)25-4-2)26-16-18-9-11-21(22)24-15-18/h8-11,13,15,23H,3-7,12,14,16H2,1-2H3. The lowest BCUT2D eigenvalue weighted by molar-refractivity contribution is 0.269. The topological polar surface area (TPSA) is 43.4 Å². The molecule has 0 fully saturated rings. The number of nitrogens with one attached hydrogen (secondary N) is 1. The molecule has 0 radical (unpaired) electrons. The van der Waals surface area contributed by atoms with E-state index in [4.69, 9.17) is 21.1 Å². The van der Waals surface area contributed by atoms with Crippen LogP contribution in [-0.4, -0.2) is 18.1 Å². The SMILES string of the molecule is CCCCCCNCc1ccc(OCc2ccc(Cl)nc2)c(OCC)c1. The van der Waals surface area contributed by atoms with Crippen molar-refractivity contribution in [3.8, 4) is 11.5 Å². The summed E-state index contributed by atoms with van der Waals surface area (Å²) in [5.74, 6) is 1.52. The van der Waals surface area contributed by atoms with Gasteiger partial charge in [0.05, 0.1) is 6.61 Å². The molecule has 0 saturated carbocycles. The maximum atomic E-state index is 5.91. The van der Waals surface area contributed by atoms with Gasteiger partial charge in [-0.25, -0.2) is 4.98 Å². The van der Waals surface area contributed by atoms with E-state index in [2.05, 4.69) is 29.4 Å². The molecule has 142 valence electrons. The smallest absolute Gasteiger partial charge is 0.161 e. The lowest BCUT2D eigenvalue weighted by Gasteiger charge is -2.14. The van der Waals surface area contributed by atoms with Gasteiger partial charge in [-0.3, -0.25) is 0 Å². The highest BCUT2D eigenvalue weighted by atomic mass is 35.5. The first-order chi connectivity index (χ1) is 12.7. The monoisotopic (exact) mass is 376 g/mol. The molecule has 1 N–H and O–H groups in total. The Balaban J connectivity index is 1.89. The Morgan fingerprint density at radius 3 is 2.54 bits per heavy atom. The van der Waals surface area contributed by atoms with E-state index in [1.54, 1.807) is 12.3 Å². The van der Waals surface area contributed by atoms with Crippen LogP contribution >= 0.6 is 11.6 Å². The molecule has 0 aliphatic heterocycles. The molecule has 0 atom stereocenters. The Bertz CT molecular complexity index is 647. The minimum Gasteiger partial charge on any atom is -0.490 e. The minimum absolute atomic E-state index is 0.430. The summed E-state index contributed by atoms with van der Waals surface area (Å²) < 4.78 is 11.7. The number of rotatable bonds is 12. The van der Waals surface area contributed by atoms with Crippen LogP contribution in [0.1, 0.15) is 50.7 Å². The van der Waals surface area contributed by atoms with E-state index in [-0.39, 0.29) is 0 Å². The van der Waals surface area contributed by atoms with Crippen LogP contribution in [0.15, 0.2) is 36.5 Å². The first-order valence-corrected chi connectivity index (χ1v) is 9.80. The van der Waals surface area contributed by atoms with Crippen LogP contribution in [0.5, 0.6) is 11.5 Å². The van der Waals surface area contributed by atoms with Crippen LogP contribution in [0.2, 0.25) is 5.15 Å². The van der Waals surface area contributed by atoms with E-state index in [0.29, 0.717) is 18.4 Å². The Labute approximate surface area is 161 Å². The van der Waals surface area contributed by atoms with E-state index in [1.165, 1.54) is 31.2 Å². The number of hydrogen-bond donors (Lipinski definition) is 1. The molecule has 0 unspecified atom stereocenters. The van der Waals surface area contributed by atoms with Crippen LogP contribution in [0, 0.1) is 0 Å². The Morgan fingerprint density at radius 2 is 1.81 bits per heavy atom. The zero-order chi connectivity index (χ0) is 18.6. The predicted molar refractivity (Wildman–Crippen MR) is 107 cm³/mol. The van der Waals surface area contributed by atoms with Gasteiger partial charge in [-0.05, 0) is 43.7 Å². The second-order valence-corrected chi connectivity index (χ2v) is 6.62. The van der Waals surface area contributed by atoms with Gasteiger partial charge in [0, 0.05) is 18.3 Å². The summed E-state index contributed by atoms with van der Waals surface area (Å²) in [5.41, 5.74) is 2.17. The molecule has 0 saturated heterocycles. The highest BCUT2D eigenvalue weighted by molar-refractivity contribution is 6.29. The minimum atomic E-state index is 0.430. The van der Waals surface area contributed by atoms with Crippen molar-refractivity contribution >= 4 is 11.6 Å². The average molecular weight is 377 g/mol. The third-order valence-electron chi connectivity index (χ3n) is 4.03. The normalized spacial score (nSPS) is 10.7. The van der Waals surface area contributed by atoms with Crippen molar-refractivity contribution in [2.45, 2.75) is 52.7 Å². The molecule has 0 amide bonds. The van der Waals surface area contributed by atoms with Crippen molar-refractivity contribution in [2.24, 2.45) is 0 Å². The van der Waals surface area contributed by atoms with Gasteiger partial charge in [0.25, 0.3) is 0 Å². The Hall–Kier alpha value is -1.78. The van der Waals surface area contributed by atoms with Gasteiger partial charge in [0.1, 0.15) is 11.8 Å². The summed E-state index contributed by atoms with van der Waals surface area (Å²) in [4.78, 5) is 4.07. The summed E-state index contributed by atoms with van der Waals surface area (Å²) in [6.07, 6.45) is 6.82. The fraction of sp³-hybridized carbons (Fsp3) is 0.476. The molecule has 0 spiro atoms. The molecule has 0 aliphatic rings. The van der Waals surface area contributed by atoms with Gasteiger partial charge in [0.2, 0.25) is 0 Å². The first-order valence-electron chi connectivity index (χ1n) is 9.42. The average Bonchev–Trinajstić information content (AvgIpc) is 2.65. The van der Waals surface area contributed by atoms with Crippen molar-refractivity contribution in [3.63, 3.8) is 0 Å². The van der Waals surface area contributed by atoms with E-state index >= 15 is 0 Å². The number of nitrogens with zero attached hydrogens (tertiary/aromatic N) is 1. The molecular formula is C21H29ClN2O2. The maximum absolute atomic E-state index is 5.91. The van der Waals surface area contributed by atoms with Crippen molar-refractivity contribution < 1.29 is 9.47 Å². The molecule has 1 heterocycles. The van der Waals surface area contributed by atoms with Crippen LogP contribution in [0.25, 0.3) is 0 Å². The summed E-state index contributed by atoms with van der Waals surface area (Å²) >= 11 is 5.81.